The highest BCUT2D eigenvalue weighted by molar-refractivity contribution is 5.75. The molecule has 8 heteroatoms. The van der Waals surface area contributed by atoms with Crippen molar-refractivity contribution >= 4 is 6.03 Å². The summed E-state index contributed by atoms with van der Waals surface area (Å²) in [6, 6.07) is 3.22. The van der Waals surface area contributed by atoms with Gasteiger partial charge in [-0.25, -0.2) is 4.79 Å². The molecule has 1 N–H and O–H groups in total. The normalized spacial score (nSPS) is 18.8. The van der Waals surface area contributed by atoms with Gasteiger partial charge in [-0.15, -0.1) is 10.2 Å². The number of aryl methyl sites for hydroxylation is 2. The Morgan fingerprint density at radius 2 is 2.38 bits per heavy atom. The van der Waals surface area contributed by atoms with E-state index in [1.54, 1.807) is 13.4 Å². The van der Waals surface area contributed by atoms with E-state index in [0.717, 1.165) is 24.4 Å². The second-order valence-corrected chi connectivity index (χ2v) is 6.06. The summed E-state index contributed by atoms with van der Waals surface area (Å²) in [6.45, 7) is 2.92. The molecule has 2 aromatic heterocycles. The zero-order valence-corrected chi connectivity index (χ0v) is 14.2. The van der Waals surface area contributed by atoms with E-state index in [1.165, 1.54) is 0 Å². The molecule has 0 aromatic carbocycles. The third-order valence-electron chi connectivity index (χ3n) is 4.29. The summed E-state index contributed by atoms with van der Waals surface area (Å²) in [6.07, 6.45) is 3.48. The van der Waals surface area contributed by atoms with Gasteiger partial charge in [-0.05, 0) is 31.9 Å². The fraction of sp³-hybridized carbons (Fsp3) is 0.562. The molecular formula is C16H23N5O3. The zero-order valence-electron chi connectivity index (χ0n) is 14.2. The van der Waals surface area contributed by atoms with Gasteiger partial charge in [0.15, 0.2) is 5.82 Å². The van der Waals surface area contributed by atoms with Crippen molar-refractivity contribution in [3.63, 3.8) is 0 Å². The molecule has 1 fully saturated rings. The summed E-state index contributed by atoms with van der Waals surface area (Å²) < 4.78 is 12.7. The number of rotatable bonds is 5. The fourth-order valence-electron chi connectivity index (χ4n) is 3.11. The Morgan fingerprint density at radius 3 is 3.00 bits per heavy atom. The van der Waals surface area contributed by atoms with Crippen LogP contribution in [0.4, 0.5) is 4.79 Å². The average molecular weight is 333 g/mol. The van der Waals surface area contributed by atoms with E-state index in [9.17, 15) is 4.79 Å². The van der Waals surface area contributed by atoms with Crippen LogP contribution in [-0.2, 0) is 11.8 Å². The summed E-state index contributed by atoms with van der Waals surface area (Å²) in [5.74, 6) is 2.30. The summed E-state index contributed by atoms with van der Waals surface area (Å²) >= 11 is 0. The second kappa shape index (κ2) is 7.04. The van der Waals surface area contributed by atoms with Crippen LogP contribution in [-0.4, -0.2) is 46.0 Å². The highest BCUT2D eigenvalue weighted by Gasteiger charge is 2.34. The van der Waals surface area contributed by atoms with Crippen molar-refractivity contribution in [1.29, 1.82) is 0 Å². The Kier molecular flexibility index (Phi) is 4.84. The average Bonchev–Trinajstić information content (AvgIpc) is 3.26. The number of carbonyl (C=O) groups excluding carboxylic acids is 1. The third kappa shape index (κ3) is 3.28. The van der Waals surface area contributed by atoms with Gasteiger partial charge in [-0.1, -0.05) is 0 Å². The first-order valence-electron chi connectivity index (χ1n) is 8.06. The van der Waals surface area contributed by atoms with E-state index in [0.29, 0.717) is 18.9 Å². The molecule has 0 unspecified atom stereocenters. The zero-order chi connectivity index (χ0) is 17.1. The lowest BCUT2D eigenvalue weighted by molar-refractivity contribution is 0.144. The minimum absolute atomic E-state index is 0.0565. The molecular weight excluding hydrogens is 310 g/mol. The molecule has 1 saturated heterocycles. The number of likely N-dealkylation sites (tertiary alicyclic amines) is 1. The molecule has 0 saturated carbocycles. The number of aromatic nitrogens is 3. The van der Waals surface area contributed by atoms with Gasteiger partial charge >= 0.3 is 6.03 Å². The van der Waals surface area contributed by atoms with Crippen molar-refractivity contribution in [1.82, 2.24) is 25.0 Å². The fourth-order valence-corrected chi connectivity index (χ4v) is 3.11. The highest BCUT2D eigenvalue weighted by Crippen LogP contribution is 2.30. The van der Waals surface area contributed by atoms with E-state index in [4.69, 9.17) is 9.15 Å². The monoisotopic (exact) mass is 333 g/mol. The molecule has 24 heavy (non-hydrogen) atoms. The molecule has 130 valence electrons. The quantitative estimate of drug-likeness (QED) is 0.904. The van der Waals surface area contributed by atoms with Crippen molar-refractivity contribution in [3.8, 4) is 0 Å². The third-order valence-corrected chi connectivity index (χ3v) is 4.29. The molecule has 8 nitrogen and oxygen atoms in total. The van der Waals surface area contributed by atoms with Crippen molar-refractivity contribution in [2.45, 2.75) is 31.8 Å². The van der Waals surface area contributed by atoms with Crippen LogP contribution in [0, 0.1) is 6.92 Å². The van der Waals surface area contributed by atoms with Crippen LogP contribution in [0.3, 0.4) is 0 Å². The second-order valence-electron chi connectivity index (χ2n) is 6.06. The van der Waals surface area contributed by atoms with Crippen LogP contribution in [0.25, 0.3) is 0 Å². The van der Waals surface area contributed by atoms with Crippen molar-refractivity contribution < 1.29 is 13.9 Å². The molecule has 2 atom stereocenters. The van der Waals surface area contributed by atoms with Crippen LogP contribution in [0.15, 0.2) is 22.9 Å². The van der Waals surface area contributed by atoms with E-state index in [1.807, 2.05) is 35.6 Å². The van der Waals surface area contributed by atoms with Crippen molar-refractivity contribution in [3.05, 3.63) is 35.8 Å². The number of methoxy groups -OCH3 is 1. The molecule has 3 heterocycles. The lowest BCUT2D eigenvalue weighted by Crippen LogP contribution is -2.42. The van der Waals surface area contributed by atoms with Gasteiger partial charge in [-0.3, -0.25) is 0 Å². The van der Waals surface area contributed by atoms with Crippen molar-refractivity contribution in [2.24, 2.45) is 7.05 Å². The highest BCUT2D eigenvalue weighted by atomic mass is 16.5. The Balaban J connectivity index is 1.73. The van der Waals surface area contributed by atoms with Gasteiger partial charge < -0.3 is 23.9 Å². The Labute approximate surface area is 140 Å². The molecule has 1 aliphatic rings. The number of hydrogen-bond acceptors (Lipinski definition) is 5. The smallest absolute Gasteiger partial charge is 0.318 e. The SMILES string of the molecule is COC[C@@H](NC(=O)N1CCC[C@H]1c1nncn1C)c1ccc(C)o1. The molecule has 0 bridgehead atoms. The maximum Gasteiger partial charge on any atom is 0.318 e. The Bertz CT molecular complexity index is 695. The Morgan fingerprint density at radius 1 is 1.54 bits per heavy atom. The molecule has 3 rings (SSSR count). The number of nitrogens with zero attached hydrogens (tertiary/aromatic N) is 4. The summed E-state index contributed by atoms with van der Waals surface area (Å²) in [7, 11) is 3.50. The first-order valence-corrected chi connectivity index (χ1v) is 8.06. The Hall–Kier alpha value is -2.35. The van der Waals surface area contributed by atoms with E-state index >= 15 is 0 Å². The lowest BCUT2D eigenvalue weighted by Gasteiger charge is -2.26. The number of carbonyl (C=O) groups is 1. The maximum absolute atomic E-state index is 12.8. The minimum Gasteiger partial charge on any atom is -0.464 e. The topological polar surface area (TPSA) is 85.4 Å². The van der Waals surface area contributed by atoms with Crippen LogP contribution in [0.5, 0.6) is 0 Å². The van der Waals surface area contributed by atoms with Gasteiger partial charge in [0, 0.05) is 20.7 Å². The molecule has 0 radical (unpaired) electrons. The number of amides is 2. The largest absolute Gasteiger partial charge is 0.464 e. The number of furan rings is 1. The summed E-state index contributed by atoms with van der Waals surface area (Å²) in [4.78, 5) is 14.6. The molecule has 2 amide bonds. The molecule has 0 spiro atoms. The van der Waals surface area contributed by atoms with Crippen LogP contribution < -0.4 is 5.32 Å². The van der Waals surface area contributed by atoms with Crippen LogP contribution >= 0.6 is 0 Å². The van der Waals surface area contributed by atoms with Gasteiger partial charge in [0.05, 0.1) is 12.6 Å². The number of hydrogen-bond donors (Lipinski definition) is 1. The molecule has 0 aliphatic carbocycles. The van der Waals surface area contributed by atoms with Gasteiger partial charge in [-0.2, -0.15) is 0 Å². The predicted molar refractivity (Wildman–Crippen MR) is 86.3 cm³/mol. The first kappa shape index (κ1) is 16.5. The van der Waals surface area contributed by atoms with Gasteiger partial charge in [0.2, 0.25) is 0 Å². The number of urea groups is 1. The van der Waals surface area contributed by atoms with Gasteiger partial charge in [0.25, 0.3) is 0 Å². The minimum atomic E-state index is -0.322. The first-order chi connectivity index (χ1) is 11.6. The van der Waals surface area contributed by atoms with E-state index in [2.05, 4.69) is 15.5 Å². The number of nitrogens with one attached hydrogen (secondary N) is 1. The summed E-state index contributed by atoms with van der Waals surface area (Å²) in [5.41, 5.74) is 0. The van der Waals surface area contributed by atoms with Crippen molar-refractivity contribution in [2.75, 3.05) is 20.3 Å². The number of ether oxygens (including phenoxy) is 1. The van der Waals surface area contributed by atoms with Gasteiger partial charge in [0.1, 0.15) is 23.9 Å². The van der Waals surface area contributed by atoms with Crippen LogP contribution in [0.1, 0.15) is 42.3 Å². The lowest BCUT2D eigenvalue weighted by atomic mass is 10.2. The standard InChI is InChI=1S/C16H23N5O3/c1-11-6-7-14(24-11)12(9-23-3)18-16(22)21-8-4-5-13(21)15-19-17-10-20(15)2/h6-7,10,12-13H,4-5,8-9H2,1-3H3,(H,18,22)/t12-,13+/m1/s1. The predicted octanol–water partition coefficient (Wildman–Crippen LogP) is 1.95. The van der Waals surface area contributed by atoms with E-state index in [-0.39, 0.29) is 18.1 Å². The maximum atomic E-state index is 12.8. The molecule has 2 aromatic rings. The molecule has 1 aliphatic heterocycles. The van der Waals surface area contributed by atoms with E-state index < -0.39 is 0 Å². The summed E-state index contributed by atoms with van der Waals surface area (Å²) in [5, 5.41) is 11.1. The van der Waals surface area contributed by atoms with Crippen LogP contribution in [0.2, 0.25) is 0 Å².